The smallest absolute Gasteiger partial charge is 0.252 e. The highest BCUT2D eigenvalue weighted by atomic mass is 35.5. The first-order chi connectivity index (χ1) is 18.9. The van der Waals surface area contributed by atoms with Gasteiger partial charge in [-0.1, -0.05) is 36.2 Å². The van der Waals surface area contributed by atoms with Gasteiger partial charge in [0.25, 0.3) is 5.91 Å². The summed E-state index contributed by atoms with van der Waals surface area (Å²) in [5.74, 6) is -0.298. The van der Waals surface area contributed by atoms with Crippen LogP contribution in [-0.2, 0) is 4.79 Å². The number of nitrogens with zero attached hydrogens (tertiary/aromatic N) is 2. The van der Waals surface area contributed by atoms with E-state index in [9.17, 15) is 9.59 Å². The first-order valence-corrected chi connectivity index (χ1v) is 13.5. The Morgan fingerprint density at radius 3 is 2.59 bits per heavy atom. The summed E-state index contributed by atoms with van der Waals surface area (Å²) in [6, 6.07) is 16.3. The van der Waals surface area contributed by atoms with Gasteiger partial charge in [-0.3, -0.25) is 14.7 Å². The Morgan fingerprint density at radius 2 is 1.87 bits per heavy atom. The Hall–Kier alpha value is -4.01. The van der Waals surface area contributed by atoms with Gasteiger partial charge in [-0.2, -0.15) is 5.10 Å². The van der Waals surface area contributed by atoms with E-state index < -0.39 is 0 Å². The minimum atomic E-state index is -0.326. The number of piperidine rings is 1. The Balaban J connectivity index is 1.38. The number of amides is 2. The van der Waals surface area contributed by atoms with Crippen LogP contribution in [0, 0.1) is 6.92 Å². The van der Waals surface area contributed by atoms with E-state index in [0.717, 1.165) is 59.4 Å². The lowest BCUT2D eigenvalue weighted by molar-refractivity contribution is -0.118. The number of aromatic amines is 1. The number of aromatic nitrogens is 3. The van der Waals surface area contributed by atoms with Crippen molar-refractivity contribution in [3.8, 4) is 22.5 Å². The zero-order valence-corrected chi connectivity index (χ0v) is 22.7. The molecule has 9 heteroatoms. The summed E-state index contributed by atoms with van der Waals surface area (Å²) in [5, 5.41) is 16.8. The molecular weight excluding hydrogens is 512 g/mol. The van der Waals surface area contributed by atoms with Gasteiger partial charge in [-0.25, -0.2) is 4.98 Å². The lowest BCUT2D eigenvalue weighted by Crippen LogP contribution is -2.43. The molecule has 0 spiro atoms. The van der Waals surface area contributed by atoms with Crippen LogP contribution in [0.1, 0.15) is 53.7 Å². The lowest BCUT2D eigenvalue weighted by Gasteiger charge is -2.23. The van der Waals surface area contributed by atoms with Crippen molar-refractivity contribution in [2.24, 2.45) is 0 Å². The maximum Gasteiger partial charge on any atom is 0.252 e. The summed E-state index contributed by atoms with van der Waals surface area (Å²) in [4.78, 5) is 30.9. The second-order valence-electron chi connectivity index (χ2n) is 9.88. The summed E-state index contributed by atoms with van der Waals surface area (Å²) < 4.78 is 0. The number of pyridine rings is 1. The Labute approximate surface area is 232 Å². The molecule has 5 rings (SSSR count). The molecule has 1 aliphatic rings. The van der Waals surface area contributed by atoms with Crippen molar-refractivity contribution >= 4 is 29.1 Å². The Bertz CT molecular complexity index is 1480. The molecule has 1 saturated heterocycles. The first kappa shape index (κ1) is 26.6. The van der Waals surface area contributed by atoms with Crippen LogP contribution in [0.2, 0.25) is 5.02 Å². The van der Waals surface area contributed by atoms with Gasteiger partial charge in [-0.15, -0.1) is 0 Å². The molecule has 39 heavy (non-hydrogen) atoms. The third kappa shape index (κ3) is 6.35. The highest BCUT2D eigenvalue weighted by molar-refractivity contribution is 6.30. The molecule has 2 amide bonds. The van der Waals surface area contributed by atoms with E-state index in [1.165, 1.54) is 0 Å². The first-order valence-electron chi connectivity index (χ1n) is 13.1. The van der Waals surface area contributed by atoms with Crippen LogP contribution in [0.3, 0.4) is 0 Å². The number of nitrogens with one attached hydrogen (secondary N) is 4. The standard InChI is InChI=1S/C30H31ClN6O2/c1-18-9-10-24(36-30(39)26-8-3-4-11-32-26)15-25(18)29(38)35-19(2)21-13-27(20-6-5-7-23(31)12-20)37-28(14-21)22-16-33-34-17-22/h5-7,9-10,12-17,19,26,32H,3-4,8,11H2,1-2H3,(H,33,34)(H,35,38)(H,36,39)/t19?,26-/m1/s1. The molecule has 0 saturated carbocycles. The molecule has 4 aromatic rings. The number of rotatable bonds is 7. The van der Waals surface area contributed by atoms with Crippen LogP contribution in [0.4, 0.5) is 5.69 Å². The van der Waals surface area contributed by atoms with E-state index >= 15 is 0 Å². The number of aryl methyl sites for hydroxylation is 1. The van der Waals surface area contributed by atoms with E-state index in [0.29, 0.717) is 16.3 Å². The fourth-order valence-corrected chi connectivity index (χ4v) is 4.93. The predicted octanol–water partition coefficient (Wildman–Crippen LogP) is 5.67. The van der Waals surface area contributed by atoms with Gasteiger partial charge in [0.2, 0.25) is 5.91 Å². The normalized spacial score (nSPS) is 15.9. The molecule has 1 fully saturated rings. The number of H-pyrrole nitrogens is 1. The number of benzene rings is 2. The molecule has 0 bridgehead atoms. The maximum absolute atomic E-state index is 13.4. The number of hydrogen-bond acceptors (Lipinski definition) is 5. The van der Waals surface area contributed by atoms with E-state index in [1.807, 2.05) is 62.4 Å². The number of hydrogen-bond donors (Lipinski definition) is 4. The Kier molecular flexibility index (Phi) is 8.05. The SMILES string of the molecule is Cc1ccc(NC(=O)[C@H]2CCCCN2)cc1C(=O)NC(C)c1cc(-c2cn[nH]c2)nc(-c2cccc(Cl)c2)c1. The highest BCUT2D eigenvalue weighted by Crippen LogP contribution is 2.29. The molecule has 1 aliphatic heterocycles. The molecule has 1 unspecified atom stereocenters. The topological polar surface area (TPSA) is 112 Å². The van der Waals surface area contributed by atoms with Crippen LogP contribution in [0.25, 0.3) is 22.5 Å². The largest absolute Gasteiger partial charge is 0.346 e. The van der Waals surface area contributed by atoms with Gasteiger partial charge >= 0.3 is 0 Å². The molecular formula is C30H31ClN6O2. The van der Waals surface area contributed by atoms with Crippen LogP contribution >= 0.6 is 11.6 Å². The maximum atomic E-state index is 13.4. The number of carbonyl (C=O) groups excluding carboxylic acids is 2. The van der Waals surface area contributed by atoms with Crippen molar-refractivity contribution in [2.45, 2.75) is 45.2 Å². The molecule has 0 aliphatic carbocycles. The highest BCUT2D eigenvalue weighted by Gasteiger charge is 2.22. The van der Waals surface area contributed by atoms with Gasteiger partial charge in [0.15, 0.2) is 0 Å². The van der Waals surface area contributed by atoms with E-state index in [2.05, 4.69) is 26.1 Å². The van der Waals surface area contributed by atoms with E-state index in [1.54, 1.807) is 18.5 Å². The van der Waals surface area contributed by atoms with Crippen LogP contribution in [0.15, 0.2) is 67.0 Å². The van der Waals surface area contributed by atoms with Crippen molar-refractivity contribution in [3.63, 3.8) is 0 Å². The van der Waals surface area contributed by atoms with Gasteiger partial charge in [-0.05, 0) is 80.8 Å². The molecule has 200 valence electrons. The van der Waals surface area contributed by atoms with Crippen molar-refractivity contribution < 1.29 is 9.59 Å². The molecule has 2 atom stereocenters. The van der Waals surface area contributed by atoms with Crippen molar-refractivity contribution in [3.05, 3.63) is 88.7 Å². The summed E-state index contributed by atoms with van der Waals surface area (Å²) in [7, 11) is 0. The summed E-state index contributed by atoms with van der Waals surface area (Å²) in [6.07, 6.45) is 6.41. The van der Waals surface area contributed by atoms with Gasteiger partial charge in [0.1, 0.15) is 0 Å². The van der Waals surface area contributed by atoms with Crippen LogP contribution in [0.5, 0.6) is 0 Å². The minimum Gasteiger partial charge on any atom is -0.346 e. The molecule has 3 heterocycles. The molecule has 2 aromatic carbocycles. The Morgan fingerprint density at radius 1 is 1.05 bits per heavy atom. The molecule has 8 nitrogen and oxygen atoms in total. The fourth-order valence-electron chi connectivity index (χ4n) is 4.74. The molecule has 4 N–H and O–H groups in total. The fraction of sp³-hybridized carbons (Fsp3) is 0.267. The monoisotopic (exact) mass is 542 g/mol. The minimum absolute atomic E-state index is 0.0737. The van der Waals surface area contributed by atoms with Crippen LogP contribution in [-0.4, -0.2) is 39.6 Å². The summed E-state index contributed by atoms with van der Waals surface area (Å²) in [5.41, 5.74) is 6.00. The second kappa shape index (κ2) is 11.8. The number of anilines is 1. The van der Waals surface area contributed by atoms with Crippen molar-refractivity contribution in [1.82, 2.24) is 25.8 Å². The van der Waals surface area contributed by atoms with Gasteiger partial charge < -0.3 is 16.0 Å². The lowest BCUT2D eigenvalue weighted by atomic mass is 10.0. The van der Waals surface area contributed by atoms with Crippen LogP contribution < -0.4 is 16.0 Å². The zero-order chi connectivity index (χ0) is 27.4. The third-order valence-corrected chi connectivity index (χ3v) is 7.22. The molecule has 2 aromatic heterocycles. The summed E-state index contributed by atoms with van der Waals surface area (Å²) in [6.45, 7) is 4.66. The number of carbonyl (C=O) groups is 2. The zero-order valence-electron chi connectivity index (χ0n) is 21.9. The second-order valence-corrected chi connectivity index (χ2v) is 10.3. The van der Waals surface area contributed by atoms with Crippen molar-refractivity contribution in [2.75, 3.05) is 11.9 Å². The van der Waals surface area contributed by atoms with E-state index in [-0.39, 0.29) is 23.9 Å². The molecule has 0 radical (unpaired) electrons. The van der Waals surface area contributed by atoms with Gasteiger partial charge in [0, 0.05) is 33.6 Å². The average Bonchev–Trinajstić information content (AvgIpc) is 3.49. The predicted molar refractivity (Wildman–Crippen MR) is 154 cm³/mol. The average molecular weight is 543 g/mol. The van der Waals surface area contributed by atoms with E-state index in [4.69, 9.17) is 16.6 Å². The van der Waals surface area contributed by atoms with Crippen molar-refractivity contribution in [1.29, 1.82) is 0 Å². The number of halogens is 1. The van der Waals surface area contributed by atoms with Gasteiger partial charge in [0.05, 0.1) is 29.7 Å². The third-order valence-electron chi connectivity index (χ3n) is 6.99. The summed E-state index contributed by atoms with van der Waals surface area (Å²) >= 11 is 6.25. The quantitative estimate of drug-likeness (QED) is 0.240.